The number of piperidine rings is 1. The predicted octanol–water partition coefficient (Wildman–Crippen LogP) is 3.68. The summed E-state index contributed by atoms with van der Waals surface area (Å²) in [5.41, 5.74) is 0.493. The summed E-state index contributed by atoms with van der Waals surface area (Å²) < 4.78 is 13.8. The maximum Gasteiger partial charge on any atom is 0.251 e. The number of hydrogen-bond donors (Lipinski definition) is 2. The Labute approximate surface area is 196 Å². The average Bonchev–Trinajstić information content (AvgIpc) is 3.07. The number of amides is 2. The Morgan fingerprint density at radius 3 is 2.62 bits per heavy atom. The van der Waals surface area contributed by atoms with Crippen LogP contribution in [0.1, 0.15) is 30.1 Å². The van der Waals surface area contributed by atoms with Crippen LogP contribution in [0.3, 0.4) is 0 Å². The molecule has 2 amide bonds. The summed E-state index contributed by atoms with van der Waals surface area (Å²) >= 11 is 11.9. The number of nitrogens with zero attached hydrogens (tertiary/aromatic N) is 2. The third kappa shape index (κ3) is 4.56. The topological polar surface area (TPSA) is 64.7 Å². The molecule has 2 aliphatic rings. The van der Waals surface area contributed by atoms with Gasteiger partial charge in [-0.2, -0.15) is 0 Å². The molecule has 1 spiro atoms. The lowest BCUT2D eigenvalue weighted by Gasteiger charge is -2.43. The van der Waals surface area contributed by atoms with Gasteiger partial charge < -0.3 is 20.4 Å². The van der Waals surface area contributed by atoms with Gasteiger partial charge in [0.05, 0.1) is 16.7 Å². The maximum absolute atomic E-state index is 13.8. The zero-order valence-corrected chi connectivity index (χ0v) is 19.2. The number of carbonyl (C=O) groups is 2. The van der Waals surface area contributed by atoms with Crippen molar-refractivity contribution in [2.75, 3.05) is 31.2 Å². The lowest BCUT2D eigenvalue weighted by Crippen LogP contribution is -2.57. The van der Waals surface area contributed by atoms with E-state index in [1.54, 1.807) is 24.3 Å². The Morgan fingerprint density at radius 1 is 1.19 bits per heavy atom. The van der Waals surface area contributed by atoms with Gasteiger partial charge in [-0.05, 0) is 56.2 Å². The van der Waals surface area contributed by atoms with Crippen molar-refractivity contribution in [2.45, 2.75) is 31.3 Å². The summed E-state index contributed by atoms with van der Waals surface area (Å²) in [6, 6.07) is 11.1. The van der Waals surface area contributed by atoms with Gasteiger partial charge in [-0.15, -0.1) is 0 Å². The highest BCUT2D eigenvalue weighted by Gasteiger charge is 2.50. The summed E-state index contributed by atoms with van der Waals surface area (Å²) in [5, 5.41) is 6.66. The number of nitrogens with one attached hydrogen (secondary N) is 2. The molecule has 2 saturated heterocycles. The Bertz CT molecular complexity index is 1030. The molecule has 0 aliphatic carbocycles. The molecular weight excluding hydrogens is 454 g/mol. The Hall–Kier alpha value is -2.35. The molecule has 1 atom stereocenters. The quantitative estimate of drug-likeness (QED) is 0.687. The summed E-state index contributed by atoms with van der Waals surface area (Å²) in [6.45, 7) is 4.38. The van der Waals surface area contributed by atoms with E-state index in [0.29, 0.717) is 60.4 Å². The van der Waals surface area contributed by atoms with Gasteiger partial charge in [-0.25, -0.2) is 4.39 Å². The first-order chi connectivity index (χ1) is 15.3. The zero-order valence-electron chi connectivity index (χ0n) is 17.7. The molecule has 2 N–H and O–H groups in total. The third-order valence-electron chi connectivity index (χ3n) is 6.23. The molecule has 2 heterocycles. The normalized spacial score (nSPS) is 19.1. The predicted molar refractivity (Wildman–Crippen MR) is 124 cm³/mol. The van der Waals surface area contributed by atoms with Crippen LogP contribution in [0.4, 0.5) is 10.1 Å². The second kappa shape index (κ2) is 9.25. The van der Waals surface area contributed by atoms with Crippen molar-refractivity contribution >= 4 is 40.7 Å². The summed E-state index contributed by atoms with van der Waals surface area (Å²) in [6.07, 6.45) is 1.26. The molecule has 6 nitrogen and oxygen atoms in total. The van der Waals surface area contributed by atoms with Crippen LogP contribution in [0.5, 0.6) is 0 Å². The van der Waals surface area contributed by atoms with E-state index < -0.39 is 5.54 Å². The minimum Gasteiger partial charge on any atom is -0.348 e. The van der Waals surface area contributed by atoms with Crippen LogP contribution in [-0.4, -0.2) is 54.6 Å². The first kappa shape index (κ1) is 22.8. The van der Waals surface area contributed by atoms with Crippen molar-refractivity contribution in [3.63, 3.8) is 0 Å². The fourth-order valence-electron chi connectivity index (χ4n) is 4.55. The molecule has 2 aromatic carbocycles. The van der Waals surface area contributed by atoms with Crippen LogP contribution in [-0.2, 0) is 4.79 Å². The van der Waals surface area contributed by atoms with Crippen molar-refractivity contribution in [1.82, 2.24) is 15.5 Å². The fraction of sp³-hybridized carbons (Fsp3) is 0.391. The lowest BCUT2D eigenvalue weighted by molar-refractivity contribution is -0.125. The van der Waals surface area contributed by atoms with Gasteiger partial charge in [0.25, 0.3) is 5.91 Å². The van der Waals surface area contributed by atoms with Crippen LogP contribution in [0.25, 0.3) is 0 Å². The number of rotatable bonds is 5. The first-order valence-corrected chi connectivity index (χ1v) is 11.3. The van der Waals surface area contributed by atoms with Crippen LogP contribution in [0, 0.1) is 5.82 Å². The molecule has 2 fully saturated rings. The number of benzene rings is 2. The van der Waals surface area contributed by atoms with Crippen LogP contribution in [0.2, 0.25) is 10.0 Å². The van der Waals surface area contributed by atoms with E-state index in [0.717, 1.165) is 0 Å². The van der Waals surface area contributed by atoms with Gasteiger partial charge in [-0.1, -0.05) is 29.3 Å². The summed E-state index contributed by atoms with van der Waals surface area (Å²) in [5.74, 6) is -0.541. The standard InChI is InChI=1S/C23H25Cl2FN4O2/c1-15(28-21(31)16-5-6-19(24)20(25)11-16)13-29-9-7-23(8-10-29)22(32)27-14-30(23)18-4-2-3-17(26)12-18/h2-6,11-12,15H,7-10,13-14H2,1H3,(H,27,32)(H,28,31)/t15-/m1/s1. The van der Waals surface area contributed by atoms with Gasteiger partial charge in [0.1, 0.15) is 11.4 Å². The summed E-state index contributed by atoms with van der Waals surface area (Å²) in [7, 11) is 0. The van der Waals surface area contributed by atoms with Crippen LogP contribution >= 0.6 is 23.2 Å². The van der Waals surface area contributed by atoms with Gasteiger partial charge >= 0.3 is 0 Å². The molecule has 2 aliphatic heterocycles. The number of halogens is 3. The number of hydrogen-bond acceptors (Lipinski definition) is 4. The molecule has 2 aromatic rings. The van der Waals surface area contributed by atoms with E-state index in [4.69, 9.17) is 23.2 Å². The van der Waals surface area contributed by atoms with Crippen molar-refractivity contribution in [3.8, 4) is 0 Å². The average molecular weight is 479 g/mol. The van der Waals surface area contributed by atoms with E-state index in [1.165, 1.54) is 12.1 Å². The van der Waals surface area contributed by atoms with Crippen molar-refractivity contribution in [3.05, 3.63) is 63.9 Å². The zero-order chi connectivity index (χ0) is 22.9. The maximum atomic E-state index is 13.8. The smallest absolute Gasteiger partial charge is 0.251 e. The molecule has 0 radical (unpaired) electrons. The highest BCUT2D eigenvalue weighted by Crippen LogP contribution is 2.36. The number of anilines is 1. The monoisotopic (exact) mass is 478 g/mol. The van der Waals surface area contributed by atoms with E-state index in [9.17, 15) is 14.0 Å². The molecule has 170 valence electrons. The minimum atomic E-state index is -0.670. The number of carbonyl (C=O) groups excluding carboxylic acids is 2. The fourth-order valence-corrected chi connectivity index (χ4v) is 4.85. The van der Waals surface area contributed by atoms with E-state index >= 15 is 0 Å². The number of likely N-dealkylation sites (tertiary alicyclic amines) is 1. The SMILES string of the molecule is C[C@H](CN1CCC2(CC1)C(=O)NCN2c1cccc(F)c1)NC(=O)c1ccc(Cl)c(Cl)c1. The highest BCUT2D eigenvalue weighted by molar-refractivity contribution is 6.42. The Kier molecular flexibility index (Phi) is 6.60. The Morgan fingerprint density at radius 2 is 1.94 bits per heavy atom. The molecule has 9 heteroatoms. The minimum absolute atomic E-state index is 0.0117. The lowest BCUT2D eigenvalue weighted by atomic mass is 9.85. The van der Waals surface area contributed by atoms with Gasteiger partial charge in [0, 0.05) is 36.9 Å². The van der Waals surface area contributed by atoms with Crippen molar-refractivity contribution < 1.29 is 14.0 Å². The third-order valence-corrected chi connectivity index (χ3v) is 6.97. The molecule has 0 unspecified atom stereocenters. The van der Waals surface area contributed by atoms with E-state index in [2.05, 4.69) is 15.5 Å². The largest absolute Gasteiger partial charge is 0.348 e. The van der Waals surface area contributed by atoms with Gasteiger partial charge in [0.15, 0.2) is 0 Å². The highest BCUT2D eigenvalue weighted by atomic mass is 35.5. The summed E-state index contributed by atoms with van der Waals surface area (Å²) in [4.78, 5) is 29.5. The molecule has 0 bridgehead atoms. The van der Waals surface area contributed by atoms with Crippen molar-refractivity contribution in [2.24, 2.45) is 0 Å². The first-order valence-electron chi connectivity index (χ1n) is 10.6. The Balaban J connectivity index is 1.36. The molecule has 0 saturated carbocycles. The second-order valence-electron chi connectivity index (χ2n) is 8.41. The van der Waals surface area contributed by atoms with Crippen LogP contribution < -0.4 is 15.5 Å². The molecular formula is C23H25Cl2FN4O2. The second-order valence-corrected chi connectivity index (χ2v) is 9.22. The molecule has 0 aromatic heterocycles. The van der Waals surface area contributed by atoms with Crippen LogP contribution in [0.15, 0.2) is 42.5 Å². The van der Waals surface area contributed by atoms with E-state index in [-0.39, 0.29) is 23.7 Å². The van der Waals surface area contributed by atoms with Gasteiger partial charge in [-0.3, -0.25) is 9.59 Å². The van der Waals surface area contributed by atoms with E-state index in [1.807, 2.05) is 17.9 Å². The molecule has 32 heavy (non-hydrogen) atoms. The molecule has 4 rings (SSSR count). The van der Waals surface area contributed by atoms with Crippen molar-refractivity contribution in [1.29, 1.82) is 0 Å². The van der Waals surface area contributed by atoms with Gasteiger partial charge in [0.2, 0.25) is 5.91 Å².